The Bertz CT molecular complexity index is 979. The van der Waals surface area contributed by atoms with Crippen LogP contribution in [0, 0.1) is 5.92 Å². The number of aryl methyl sites for hydroxylation is 1. The van der Waals surface area contributed by atoms with Gasteiger partial charge < -0.3 is 15.4 Å². The Balaban J connectivity index is 1.53. The summed E-state index contributed by atoms with van der Waals surface area (Å²) in [5.74, 6) is 0.0597. The lowest BCUT2D eigenvalue weighted by Crippen LogP contribution is -2.47. The molecule has 1 saturated carbocycles. The number of nitrogens with zero attached hydrogens (tertiary/aromatic N) is 2. The zero-order chi connectivity index (χ0) is 22.4. The summed E-state index contributed by atoms with van der Waals surface area (Å²) in [5, 5.41) is 6.48. The van der Waals surface area contributed by atoms with E-state index in [0.29, 0.717) is 17.4 Å². The van der Waals surface area contributed by atoms with Gasteiger partial charge in [-0.2, -0.15) is 0 Å². The lowest BCUT2D eigenvalue weighted by atomic mass is 9.84. The van der Waals surface area contributed by atoms with Gasteiger partial charge in [0.25, 0.3) is 5.56 Å². The third kappa shape index (κ3) is 6.54. The first kappa shape index (κ1) is 22.8. The number of rotatable bonds is 6. The number of fused-ring (bicyclic) bond motifs is 1. The highest BCUT2D eigenvalue weighted by Crippen LogP contribution is 2.24. The van der Waals surface area contributed by atoms with Crippen LogP contribution in [0.15, 0.2) is 35.4 Å². The highest BCUT2D eigenvalue weighted by atomic mass is 16.6. The van der Waals surface area contributed by atoms with Gasteiger partial charge in [0.15, 0.2) is 0 Å². The van der Waals surface area contributed by atoms with Gasteiger partial charge >= 0.3 is 6.09 Å². The number of carbonyl (C=O) groups excluding carboxylic acids is 2. The number of aromatic nitrogens is 2. The molecular weight excluding hydrogens is 396 g/mol. The van der Waals surface area contributed by atoms with Gasteiger partial charge in [0.2, 0.25) is 5.91 Å². The van der Waals surface area contributed by atoms with E-state index in [2.05, 4.69) is 15.6 Å². The first-order valence-corrected chi connectivity index (χ1v) is 10.9. The fourth-order valence-electron chi connectivity index (χ4n) is 3.94. The zero-order valence-electron chi connectivity index (χ0n) is 18.5. The number of carbonyl (C=O) groups is 2. The Morgan fingerprint density at radius 2 is 1.94 bits per heavy atom. The largest absolute Gasteiger partial charge is 0.444 e. The molecule has 3 rings (SSSR count). The second-order valence-electron chi connectivity index (χ2n) is 9.11. The van der Waals surface area contributed by atoms with Crippen molar-refractivity contribution in [2.24, 2.45) is 5.92 Å². The summed E-state index contributed by atoms with van der Waals surface area (Å²) in [6.45, 7) is 6.22. The van der Waals surface area contributed by atoms with Crippen molar-refractivity contribution in [2.75, 3.05) is 6.54 Å². The molecule has 2 atom stereocenters. The lowest BCUT2D eigenvalue weighted by molar-refractivity contribution is -0.122. The number of hydrogen-bond donors (Lipinski definition) is 2. The summed E-state index contributed by atoms with van der Waals surface area (Å²) in [5.41, 5.74) is -0.0359. The second kappa shape index (κ2) is 9.94. The maximum absolute atomic E-state index is 12.6. The highest BCUT2D eigenvalue weighted by molar-refractivity contribution is 5.77. The van der Waals surface area contributed by atoms with Crippen LogP contribution in [0.2, 0.25) is 0 Å². The van der Waals surface area contributed by atoms with Gasteiger partial charge in [-0.3, -0.25) is 14.2 Å². The molecule has 8 heteroatoms. The topological polar surface area (TPSA) is 102 Å². The van der Waals surface area contributed by atoms with Crippen molar-refractivity contribution in [1.82, 2.24) is 20.2 Å². The predicted octanol–water partition coefficient (Wildman–Crippen LogP) is 2.99. The monoisotopic (exact) mass is 428 g/mol. The predicted molar refractivity (Wildman–Crippen MR) is 119 cm³/mol. The molecule has 2 aromatic rings. The maximum atomic E-state index is 12.6. The molecule has 0 aliphatic heterocycles. The van der Waals surface area contributed by atoms with E-state index in [1.54, 1.807) is 18.2 Å². The Morgan fingerprint density at radius 1 is 1.19 bits per heavy atom. The Hall–Kier alpha value is -2.90. The van der Waals surface area contributed by atoms with Crippen molar-refractivity contribution in [3.63, 3.8) is 0 Å². The summed E-state index contributed by atoms with van der Waals surface area (Å²) in [7, 11) is 0. The first-order chi connectivity index (χ1) is 14.7. The standard InChI is InChI=1S/C23H32N4O4/c1-23(2,3)31-22(30)24-14-16-8-4-6-10-18(16)26-20(28)12-13-27-15-25-19-11-7-5-9-17(19)21(27)29/h5,7,9,11,15-16,18H,4,6,8,10,12-14H2,1-3H3,(H,24,30)(H,26,28)/t16-,18-/m0/s1. The van der Waals surface area contributed by atoms with Gasteiger partial charge in [0.05, 0.1) is 17.2 Å². The van der Waals surface area contributed by atoms with E-state index in [1.165, 1.54) is 10.9 Å². The molecule has 2 N–H and O–H groups in total. The van der Waals surface area contributed by atoms with E-state index in [1.807, 2.05) is 26.8 Å². The van der Waals surface area contributed by atoms with E-state index in [4.69, 9.17) is 4.74 Å². The molecule has 1 aromatic carbocycles. The Labute approximate surface area is 182 Å². The number of ether oxygens (including phenoxy) is 1. The number of amides is 2. The van der Waals surface area contributed by atoms with Gasteiger partial charge in [-0.05, 0) is 51.7 Å². The number of benzene rings is 1. The molecule has 2 amide bonds. The number of alkyl carbamates (subject to hydrolysis) is 1. The third-order valence-electron chi connectivity index (χ3n) is 5.47. The van der Waals surface area contributed by atoms with E-state index in [9.17, 15) is 14.4 Å². The van der Waals surface area contributed by atoms with Crippen LogP contribution in [-0.2, 0) is 16.1 Å². The van der Waals surface area contributed by atoms with Gasteiger partial charge in [-0.25, -0.2) is 9.78 Å². The molecule has 31 heavy (non-hydrogen) atoms. The van der Waals surface area contributed by atoms with Crippen LogP contribution in [-0.4, -0.2) is 39.7 Å². The fraction of sp³-hybridized carbons (Fsp3) is 0.565. The van der Waals surface area contributed by atoms with Gasteiger partial charge in [-0.1, -0.05) is 25.0 Å². The molecule has 0 unspecified atom stereocenters. The summed E-state index contributed by atoms with van der Waals surface area (Å²) < 4.78 is 6.78. The Kier molecular flexibility index (Phi) is 7.30. The van der Waals surface area contributed by atoms with Crippen LogP contribution in [0.1, 0.15) is 52.9 Å². The molecule has 1 aliphatic rings. The third-order valence-corrected chi connectivity index (χ3v) is 5.47. The smallest absolute Gasteiger partial charge is 0.407 e. The zero-order valence-corrected chi connectivity index (χ0v) is 18.5. The van der Waals surface area contributed by atoms with Crippen molar-refractivity contribution in [2.45, 2.75) is 71.1 Å². The molecule has 0 spiro atoms. The van der Waals surface area contributed by atoms with Crippen molar-refractivity contribution >= 4 is 22.9 Å². The summed E-state index contributed by atoms with van der Waals surface area (Å²) in [6, 6.07) is 7.18. The average molecular weight is 429 g/mol. The number of para-hydroxylation sites is 1. The van der Waals surface area contributed by atoms with Gasteiger partial charge in [-0.15, -0.1) is 0 Å². The number of nitrogens with one attached hydrogen (secondary N) is 2. The van der Waals surface area contributed by atoms with Crippen molar-refractivity contribution < 1.29 is 14.3 Å². The molecule has 168 valence electrons. The van der Waals surface area contributed by atoms with Crippen molar-refractivity contribution in [3.8, 4) is 0 Å². The van der Waals surface area contributed by atoms with Crippen LogP contribution in [0.5, 0.6) is 0 Å². The summed E-state index contributed by atoms with van der Waals surface area (Å²) in [6.07, 6.45) is 5.19. The highest BCUT2D eigenvalue weighted by Gasteiger charge is 2.27. The molecule has 1 aliphatic carbocycles. The molecule has 1 fully saturated rings. The van der Waals surface area contributed by atoms with E-state index in [-0.39, 0.29) is 36.4 Å². The first-order valence-electron chi connectivity index (χ1n) is 10.9. The summed E-state index contributed by atoms with van der Waals surface area (Å²) >= 11 is 0. The van der Waals surface area contributed by atoms with Crippen molar-refractivity contribution in [1.29, 1.82) is 0 Å². The van der Waals surface area contributed by atoms with E-state index >= 15 is 0 Å². The SMILES string of the molecule is CC(C)(C)OC(=O)NC[C@@H]1CCCC[C@@H]1NC(=O)CCn1cnc2ccccc2c1=O. The van der Waals surface area contributed by atoms with Gasteiger partial charge in [0, 0.05) is 25.6 Å². The minimum absolute atomic E-state index is 0.00244. The second-order valence-corrected chi connectivity index (χ2v) is 9.11. The quantitative estimate of drug-likeness (QED) is 0.736. The van der Waals surface area contributed by atoms with Crippen molar-refractivity contribution in [3.05, 3.63) is 40.9 Å². The summed E-state index contributed by atoms with van der Waals surface area (Å²) in [4.78, 5) is 41.4. The number of hydrogen-bond acceptors (Lipinski definition) is 5. The van der Waals surface area contributed by atoms with Crippen LogP contribution in [0.3, 0.4) is 0 Å². The molecule has 1 aromatic heterocycles. The molecule has 1 heterocycles. The van der Waals surface area contributed by atoms with Crippen LogP contribution < -0.4 is 16.2 Å². The maximum Gasteiger partial charge on any atom is 0.407 e. The molecule has 0 saturated heterocycles. The van der Waals surface area contributed by atoms with Crippen LogP contribution in [0.25, 0.3) is 10.9 Å². The lowest BCUT2D eigenvalue weighted by Gasteiger charge is -2.32. The minimum Gasteiger partial charge on any atom is -0.444 e. The Morgan fingerprint density at radius 3 is 2.71 bits per heavy atom. The molecule has 8 nitrogen and oxygen atoms in total. The normalized spacial score (nSPS) is 19.1. The van der Waals surface area contributed by atoms with E-state index < -0.39 is 11.7 Å². The minimum atomic E-state index is -0.542. The van der Waals surface area contributed by atoms with Crippen LogP contribution >= 0.6 is 0 Å². The molecule has 0 bridgehead atoms. The molecular formula is C23H32N4O4. The molecule has 0 radical (unpaired) electrons. The van der Waals surface area contributed by atoms with Crippen LogP contribution in [0.4, 0.5) is 4.79 Å². The fourth-order valence-corrected chi connectivity index (χ4v) is 3.94. The van der Waals surface area contributed by atoms with E-state index in [0.717, 1.165) is 25.7 Å². The van der Waals surface area contributed by atoms with Gasteiger partial charge in [0.1, 0.15) is 5.60 Å². The average Bonchev–Trinajstić information content (AvgIpc) is 2.71.